The first kappa shape index (κ1) is 21.1. The van der Waals surface area contributed by atoms with Gasteiger partial charge < -0.3 is 9.26 Å². The third-order valence-corrected chi connectivity index (χ3v) is 4.86. The van der Waals surface area contributed by atoms with Crippen molar-refractivity contribution in [2.45, 2.75) is 39.8 Å². The molecule has 7 nitrogen and oxygen atoms in total. The number of ether oxygens (including phenoxy) is 1. The SMILES string of the molecule is CCCc1noc(COC(=O)/C=C/c2c(C)nn(Cc3ccccc3Cl)c2Cl)n1. The van der Waals surface area contributed by atoms with E-state index in [4.69, 9.17) is 32.5 Å². The number of halogens is 2. The molecule has 0 unspecified atom stereocenters. The molecule has 9 heteroatoms. The summed E-state index contributed by atoms with van der Waals surface area (Å²) < 4.78 is 11.8. The van der Waals surface area contributed by atoms with Crippen molar-refractivity contribution in [2.24, 2.45) is 0 Å². The Morgan fingerprint density at radius 3 is 2.86 bits per heavy atom. The average Bonchev–Trinajstić information content (AvgIpc) is 3.25. The highest BCUT2D eigenvalue weighted by Crippen LogP contribution is 2.24. The van der Waals surface area contributed by atoms with Crippen molar-refractivity contribution in [3.63, 3.8) is 0 Å². The number of rotatable bonds is 8. The Balaban J connectivity index is 1.63. The van der Waals surface area contributed by atoms with Crippen LogP contribution in [0.1, 0.15) is 41.9 Å². The Labute approximate surface area is 178 Å². The van der Waals surface area contributed by atoms with Crippen LogP contribution in [0.5, 0.6) is 0 Å². The summed E-state index contributed by atoms with van der Waals surface area (Å²) in [6.07, 6.45) is 4.49. The second kappa shape index (κ2) is 9.71. The van der Waals surface area contributed by atoms with Gasteiger partial charge in [-0.15, -0.1) is 0 Å². The maximum atomic E-state index is 12.0. The van der Waals surface area contributed by atoms with E-state index < -0.39 is 5.97 Å². The van der Waals surface area contributed by atoms with E-state index in [1.807, 2.05) is 38.1 Å². The Morgan fingerprint density at radius 1 is 1.31 bits per heavy atom. The molecular weight excluding hydrogens is 415 g/mol. The summed E-state index contributed by atoms with van der Waals surface area (Å²) in [5.41, 5.74) is 2.22. The zero-order chi connectivity index (χ0) is 20.8. The van der Waals surface area contributed by atoms with Crippen LogP contribution in [0.25, 0.3) is 6.08 Å². The standard InChI is InChI=1S/C20H20Cl2N4O3/c1-3-6-17-23-18(29-25-17)12-28-19(27)10-9-15-13(2)24-26(20(15)22)11-14-7-4-5-8-16(14)21/h4-5,7-10H,3,6,11-12H2,1-2H3/b10-9+. The van der Waals surface area contributed by atoms with Crippen molar-refractivity contribution in [1.29, 1.82) is 0 Å². The zero-order valence-electron chi connectivity index (χ0n) is 16.1. The van der Waals surface area contributed by atoms with Crippen LogP contribution in [-0.4, -0.2) is 25.9 Å². The van der Waals surface area contributed by atoms with Gasteiger partial charge in [0.1, 0.15) is 5.15 Å². The lowest BCUT2D eigenvalue weighted by Crippen LogP contribution is -2.02. The summed E-state index contributed by atoms with van der Waals surface area (Å²) >= 11 is 12.6. The molecular formula is C20H20Cl2N4O3. The number of hydrogen-bond donors (Lipinski definition) is 0. The largest absolute Gasteiger partial charge is 0.452 e. The summed E-state index contributed by atoms with van der Waals surface area (Å²) in [5, 5.41) is 9.29. The Hall–Kier alpha value is -2.64. The zero-order valence-corrected chi connectivity index (χ0v) is 17.6. The molecule has 0 fully saturated rings. The fourth-order valence-electron chi connectivity index (χ4n) is 2.66. The van der Waals surface area contributed by atoms with Gasteiger partial charge in [-0.3, -0.25) is 0 Å². The van der Waals surface area contributed by atoms with Gasteiger partial charge in [0, 0.05) is 23.1 Å². The molecule has 0 radical (unpaired) electrons. The molecule has 0 bridgehead atoms. The minimum Gasteiger partial charge on any atom is -0.452 e. The molecule has 0 saturated heterocycles. The van der Waals surface area contributed by atoms with E-state index in [0.29, 0.717) is 40.2 Å². The fraction of sp³-hybridized carbons (Fsp3) is 0.300. The van der Waals surface area contributed by atoms with Crippen LogP contribution < -0.4 is 0 Å². The molecule has 152 valence electrons. The van der Waals surface area contributed by atoms with Gasteiger partial charge in [-0.2, -0.15) is 10.1 Å². The Morgan fingerprint density at radius 2 is 2.10 bits per heavy atom. The average molecular weight is 435 g/mol. The highest BCUT2D eigenvalue weighted by molar-refractivity contribution is 6.32. The lowest BCUT2D eigenvalue weighted by molar-refractivity contribution is -0.139. The molecule has 0 N–H and O–H groups in total. The van der Waals surface area contributed by atoms with Crippen LogP contribution in [0.4, 0.5) is 0 Å². The van der Waals surface area contributed by atoms with Crippen LogP contribution in [0.15, 0.2) is 34.9 Å². The van der Waals surface area contributed by atoms with Crippen molar-refractivity contribution in [1.82, 2.24) is 19.9 Å². The molecule has 3 aromatic rings. The van der Waals surface area contributed by atoms with E-state index in [-0.39, 0.29) is 12.5 Å². The van der Waals surface area contributed by atoms with Crippen molar-refractivity contribution >= 4 is 35.2 Å². The molecule has 0 amide bonds. The maximum Gasteiger partial charge on any atom is 0.331 e. The number of aromatic nitrogens is 4. The van der Waals surface area contributed by atoms with Crippen molar-refractivity contribution in [3.8, 4) is 0 Å². The topological polar surface area (TPSA) is 83.0 Å². The number of nitrogens with zero attached hydrogens (tertiary/aromatic N) is 4. The summed E-state index contributed by atoms with van der Waals surface area (Å²) in [6.45, 7) is 4.17. The predicted molar refractivity (Wildman–Crippen MR) is 110 cm³/mol. The lowest BCUT2D eigenvalue weighted by Gasteiger charge is -2.05. The van der Waals surface area contributed by atoms with Gasteiger partial charge in [-0.1, -0.05) is 53.5 Å². The molecule has 2 heterocycles. The maximum absolute atomic E-state index is 12.0. The highest BCUT2D eigenvalue weighted by atomic mass is 35.5. The molecule has 0 aliphatic rings. The molecule has 29 heavy (non-hydrogen) atoms. The van der Waals surface area contributed by atoms with Crippen LogP contribution in [0.3, 0.4) is 0 Å². The first-order chi connectivity index (χ1) is 14.0. The predicted octanol–water partition coefficient (Wildman–Crippen LogP) is 4.64. The molecule has 1 aromatic carbocycles. The lowest BCUT2D eigenvalue weighted by atomic mass is 10.2. The summed E-state index contributed by atoms with van der Waals surface area (Å²) in [5.74, 6) is 0.314. The number of esters is 1. The van der Waals surface area contributed by atoms with Gasteiger partial charge >= 0.3 is 5.97 Å². The van der Waals surface area contributed by atoms with E-state index in [1.54, 1.807) is 10.8 Å². The van der Waals surface area contributed by atoms with Crippen molar-refractivity contribution in [3.05, 3.63) is 69.1 Å². The summed E-state index contributed by atoms with van der Waals surface area (Å²) in [4.78, 5) is 16.1. The Kier molecular flexibility index (Phi) is 7.06. The van der Waals surface area contributed by atoms with Crippen molar-refractivity contribution < 1.29 is 14.1 Å². The molecule has 0 spiro atoms. The number of benzene rings is 1. The van der Waals surface area contributed by atoms with Gasteiger partial charge in [-0.05, 0) is 31.1 Å². The summed E-state index contributed by atoms with van der Waals surface area (Å²) in [6, 6.07) is 7.48. The monoisotopic (exact) mass is 434 g/mol. The number of carbonyl (C=O) groups excluding carboxylic acids is 1. The van der Waals surface area contributed by atoms with Gasteiger partial charge in [0.25, 0.3) is 5.89 Å². The van der Waals surface area contributed by atoms with E-state index in [0.717, 1.165) is 12.0 Å². The molecule has 0 aliphatic carbocycles. The van der Waals surface area contributed by atoms with E-state index in [2.05, 4.69) is 15.2 Å². The highest BCUT2D eigenvalue weighted by Gasteiger charge is 2.13. The summed E-state index contributed by atoms with van der Waals surface area (Å²) in [7, 11) is 0. The first-order valence-corrected chi connectivity index (χ1v) is 9.86. The first-order valence-electron chi connectivity index (χ1n) is 9.10. The van der Waals surface area contributed by atoms with Gasteiger partial charge in [0.2, 0.25) is 0 Å². The van der Waals surface area contributed by atoms with E-state index in [9.17, 15) is 4.79 Å². The fourth-order valence-corrected chi connectivity index (χ4v) is 3.15. The van der Waals surface area contributed by atoms with Crippen molar-refractivity contribution in [2.75, 3.05) is 0 Å². The Bertz CT molecular complexity index is 1030. The minimum absolute atomic E-state index is 0.0850. The smallest absolute Gasteiger partial charge is 0.331 e. The van der Waals surface area contributed by atoms with Gasteiger partial charge in [0.15, 0.2) is 12.4 Å². The number of carbonyl (C=O) groups is 1. The third kappa shape index (κ3) is 5.46. The van der Waals surface area contributed by atoms with Crippen LogP contribution in [0, 0.1) is 6.92 Å². The normalized spacial score (nSPS) is 11.3. The number of hydrogen-bond acceptors (Lipinski definition) is 6. The van der Waals surface area contributed by atoms with E-state index >= 15 is 0 Å². The van der Waals surface area contributed by atoms with Gasteiger partial charge in [0.05, 0.1) is 12.2 Å². The number of aryl methyl sites for hydroxylation is 2. The molecule has 0 atom stereocenters. The molecule has 3 rings (SSSR count). The van der Waals surface area contributed by atoms with Crippen LogP contribution in [-0.2, 0) is 29.1 Å². The van der Waals surface area contributed by atoms with E-state index in [1.165, 1.54) is 6.08 Å². The van der Waals surface area contributed by atoms with Crippen LogP contribution in [0.2, 0.25) is 10.2 Å². The molecule has 0 saturated carbocycles. The minimum atomic E-state index is -0.547. The third-order valence-electron chi connectivity index (χ3n) is 4.10. The second-order valence-corrected chi connectivity index (χ2v) is 7.10. The van der Waals surface area contributed by atoms with Crippen LogP contribution >= 0.6 is 23.2 Å². The quantitative estimate of drug-likeness (QED) is 0.379. The molecule has 0 aliphatic heterocycles. The molecule has 2 aromatic heterocycles. The second-order valence-electron chi connectivity index (χ2n) is 6.33. The van der Waals surface area contributed by atoms with Gasteiger partial charge in [-0.25, -0.2) is 9.48 Å².